The summed E-state index contributed by atoms with van der Waals surface area (Å²) in [5, 5.41) is 7.11. The van der Waals surface area contributed by atoms with E-state index in [1.807, 2.05) is 43.4 Å². The highest BCUT2D eigenvalue weighted by atomic mass is 32.2. The molecule has 0 unspecified atom stereocenters. The van der Waals surface area contributed by atoms with Crippen LogP contribution in [0.4, 0.5) is 11.5 Å². The van der Waals surface area contributed by atoms with Crippen molar-refractivity contribution in [2.24, 2.45) is 0 Å². The van der Waals surface area contributed by atoms with Crippen molar-refractivity contribution in [1.29, 1.82) is 0 Å². The molecule has 2 aromatic heterocycles. The molecule has 1 fully saturated rings. The summed E-state index contributed by atoms with van der Waals surface area (Å²) >= 11 is 1.53. The van der Waals surface area contributed by atoms with Gasteiger partial charge in [0.2, 0.25) is 11.7 Å². The molecule has 2 amide bonds. The summed E-state index contributed by atoms with van der Waals surface area (Å²) in [7, 11) is 3.76. The maximum atomic E-state index is 13.2. The van der Waals surface area contributed by atoms with Gasteiger partial charge in [-0.15, -0.1) is 16.9 Å². The van der Waals surface area contributed by atoms with Gasteiger partial charge in [0.15, 0.2) is 0 Å². The van der Waals surface area contributed by atoms with Gasteiger partial charge in [-0.05, 0) is 24.5 Å². The number of amides is 2. The Hall–Kier alpha value is -3.44. The number of nitrogens with zero attached hydrogens (tertiary/aromatic N) is 6. The zero-order valence-electron chi connectivity index (χ0n) is 20.3. The molecule has 2 aliphatic rings. The van der Waals surface area contributed by atoms with Gasteiger partial charge in [0.25, 0.3) is 5.91 Å². The first kappa shape index (κ1) is 24.3. The molecule has 4 heterocycles. The highest BCUT2D eigenvalue weighted by Gasteiger charge is 2.32. The van der Waals surface area contributed by atoms with Crippen molar-refractivity contribution < 1.29 is 14.3 Å². The molecule has 10 nitrogen and oxygen atoms in total. The molecule has 11 heteroatoms. The molecule has 36 heavy (non-hydrogen) atoms. The lowest BCUT2D eigenvalue weighted by molar-refractivity contribution is -0.119. The number of aromatic nitrogens is 4. The number of thioether (sulfide) groups is 1. The van der Waals surface area contributed by atoms with Gasteiger partial charge >= 0.3 is 0 Å². The van der Waals surface area contributed by atoms with Crippen molar-refractivity contribution in [3.63, 3.8) is 0 Å². The van der Waals surface area contributed by atoms with Crippen LogP contribution in [0.15, 0.2) is 53.8 Å². The smallest absolute Gasteiger partial charge is 0.291 e. The fourth-order valence-corrected chi connectivity index (χ4v) is 5.51. The van der Waals surface area contributed by atoms with E-state index >= 15 is 0 Å². The molecule has 0 bridgehead atoms. The molecule has 0 radical (unpaired) electrons. The Balaban J connectivity index is 1.26. The van der Waals surface area contributed by atoms with Crippen LogP contribution in [-0.2, 0) is 16.1 Å². The zero-order valence-corrected chi connectivity index (χ0v) is 21.1. The second kappa shape index (κ2) is 10.7. The number of hydrogen-bond acceptors (Lipinski definition) is 8. The Morgan fingerprint density at radius 3 is 2.78 bits per heavy atom. The maximum absolute atomic E-state index is 13.2. The first-order valence-corrected chi connectivity index (χ1v) is 12.9. The number of carbonyl (C=O) groups excluding carboxylic acids is 2. The second-order valence-electron chi connectivity index (χ2n) is 8.95. The maximum Gasteiger partial charge on any atom is 0.291 e. The lowest BCUT2D eigenvalue weighted by Gasteiger charge is -2.32. The number of pyridine rings is 1. The molecule has 5 rings (SSSR count). The van der Waals surface area contributed by atoms with E-state index in [1.165, 1.54) is 18.1 Å². The van der Waals surface area contributed by atoms with Crippen LogP contribution in [0.2, 0.25) is 0 Å². The quantitative estimate of drug-likeness (QED) is 0.542. The number of likely N-dealkylation sites (N-methyl/N-ethyl adjacent to an activating group) is 1. The third-order valence-electron chi connectivity index (χ3n) is 6.56. The standard InChI is InChI=1S/C25H29N7O3S/c1-30(18-8-10-35-11-9-18)22-12-21-20(13-26-22)31(2)25(34)19(15-36-21)28-24(33)23-27-16-32(29-23)14-17-6-4-3-5-7-17/h3-7,12-13,16,18-19H,8-11,14-15H2,1-2H3,(H,28,33)/t19-/m0/s1. The van der Waals surface area contributed by atoms with E-state index in [4.69, 9.17) is 4.74 Å². The Labute approximate surface area is 214 Å². The lowest BCUT2D eigenvalue weighted by Crippen LogP contribution is -2.48. The lowest BCUT2D eigenvalue weighted by atomic mass is 10.1. The van der Waals surface area contributed by atoms with Crippen LogP contribution in [-0.4, -0.2) is 76.7 Å². The second-order valence-corrected chi connectivity index (χ2v) is 10.0. The number of benzene rings is 1. The van der Waals surface area contributed by atoms with Crippen LogP contribution in [0.25, 0.3) is 0 Å². The van der Waals surface area contributed by atoms with E-state index in [-0.39, 0.29) is 11.7 Å². The van der Waals surface area contributed by atoms with Crippen LogP contribution >= 0.6 is 11.8 Å². The highest BCUT2D eigenvalue weighted by Crippen LogP contribution is 2.36. The summed E-state index contributed by atoms with van der Waals surface area (Å²) in [6.07, 6.45) is 5.19. The third-order valence-corrected chi connectivity index (χ3v) is 7.70. The predicted molar refractivity (Wildman–Crippen MR) is 137 cm³/mol. The van der Waals surface area contributed by atoms with E-state index in [0.717, 1.165) is 48.0 Å². The monoisotopic (exact) mass is 507 g/mol. The number of rotatable bonds is 6. The van der Waals surface area contributed by atoms with E-state index in [1.54, 1.807) is 22.8 Å². The molecule has 1 atom stereocenters. The normalized spacial score (nSPS) is 18.4. The van der Waals surface area contributed by atoms with Crippen molar-refractivity contribution in [3.8, 4) is 0 Å². The predicted octanol–water partition coefficient (Wildman–Crippen LogP) is 2.20. The van der Waals surface area contributed by atoms with E-state index in [0.29, 0.717) is 18.3 Å². The Bertz CT molecular complexity index is 1230. The van der Waals surface area contributed by atoms with Crippen molar-refractivity contribution in [2.75, 3.05) is 42.9 Å². The fraction of sp³-hybridized carbons (Fsp3) is 0.400. The van der Waals surface area contributed by atoms with E-state index in [2.05, 4.69) is 25.3 Å². The van der Waals surface area contributed by atoms with Gasteiger partial charge in [0.05, 0.1) is 18.4 Å². The fourth-order valence-electron chi connectivity index (χ4n) is 4.41. The molecule has 0 aliphatic carbocycles. The van der Waals surface area contributed by atoms with Gasteiger partial charge in [0, 0.05) is 44.0 Å². The van der Waals surface area contributed by atoms with Gasteiger partial charge in [-0.25, -0.2) is 14.6 Å². The van der Waals surface area contributed by atoms with E-state index < -0.39 is 11.9 Å². The summed E-state index contributed by atoms with van der Waals surface area (Å²) < 4.78 is 7.09. The van der Waals surface area contributed by atoms with Gasteiger partial charge < -0.3 is 19.9 Å². The minimum absolute atomic E-state index is 0.0372. The minimum atomic E-state index is -0.711. The number of hydrogen-bond donors (Lipinski definition) is 1. The van der Waals surface area contributed by atoms with Crippen molar-refractivity contribution in [1.82, 2.24) is 25.1 Å². The van der Waals surface area contributed by atoms with Gasteiger partial charge in [0.1, 0.15) is 18.2 Å². The first-order valence-electron chi connectivity index (χ1n) is 11.9. The van der Waals surface area contributed by atoms with Gasteiger partial charge in [-0.3, -0.25) is 9.59 Å². The van der Waals surface area contributed by atoms with Crippen molar-refractivity contribution in [2.45, 2.75) is 36.4 Å². The van der Waals surface area contributed by atoms with Crippen LogP contribution < -0.4 is 15.1 Å². The molecule has 1 aromatic carbocycles. The van der Waals surface area contributed by atoms with Gasteiger partial charge in [-0.2, -0.15) is 0 Å². The average Bonchev–Trinajstić information content (AvgIpc) is 3.35. The molecule has 0 spiro atoms. The summed E-state index contributed by atoms with van der Waals surface area (Å²) in [6.45, 7) is 2.02. The van der Waals surface area contributed by atoms with Crippen LogP contribution in [0.3, 0.4) is 0 Å². The Morgan fingerprint density at radius 2 is 2.00 bits per heavy atom. The molecule has 1 saturated heterocycles. The van der Waals surface area contributed by atoms with Crippen molar-refractivity contribution >= 4 is 35.1 Å². The molecule has 0 saturated carbocycles. The van der Waals surface area contributed by atoms with Crippen LogP contribution in [0.5, 0.6) is 0 Å². The summed E-state index contributed by atoms with van der Waals surface area (Å²) in [4.78, 5) is 39.5. The molecule has 3 aromatic rings. The Kier molecular flexibility index (Phi) is 7.19. The Morgan fingerprint density at radius 1 is 1.22 bits per heavy atom. The third kappa shape index (κ3) is 5.21. The average molecular weight is 508 g/mol. The number of anilines is 2. The molecule has 1 N–H and O–H groups in total. The van der Waals surface area contributed by atoms with Crippen molar-refractivity contribution in [3.05, 3.63) is 60.3 Å². The molecular formula is C25H29N7O3S. The van der Waals surface area contributed by atoms with E-state index in [9.17, 15) is 9.59 Å². The summed E-state index contributed by atoms with van der Waals surface area (Å²) in [5.41, 5.74) is 1.79. The number of carbonyl (C=O) groups is 2. The SMILES string of the molecule is CN1C(=O)[C@@H](NC(=O)c2ncn(Cc3ccccc3)n2)CSc2cc(N(C)C3CCOCC3)ncc21. The first-order chi connectivity index (χ1) is 17.5. The largest absolute Gasteiger partial charge is 0.381 e. The summed E-state index contributed by atoms with van der Waals surface area (Å²) in [5.74, 6) is 0.625. The number of ether oxygens (including phenoxy) is 1. The topological polar surface area (TPSA) is 105 Å². The zero-order chi connectivity index (χ0) is 25.1. The number of nitrogens with one attached hydrogen (secondary N) is 1. The van der Waals surface area contributed by atoms with Crippen LogP contribution in [0, 0.1) is 0 Å². The highest BCUT2D eigenvalue weighted by molar-refractivity contribution is 7.99. The summed E-state index contributed by atoms with van der Waals surface area (Å²) in [6, 6.07) is 11.5. The minimum Gasteiger partial charge on any atom is -0.381 e. The number of fused-ring (bicyclic) bond motifs is 1. The van der Waals surface area contributed by atoms with Crippen LogP contribution in [0.1, 0.15) is 29.0 Å². The van der Waals surface area contributed by atoms with Gasteiger partial charge in [-0.1, -0.05) is 30.3 Å². The molecule has 2 aliphatic heterocycles. The molecular weight excluding hydrogens is 478 g/mol. The molecule has 188 valence electrons.